The largest absolute Gasteiger partial charge is 0.387 e. The fraction of sp³-hybridized carbons (Fsp3) is 0.643. The number of allylic oxidation sites excluding steroid dienone is 2. The Morgan fingerprint density at radius 2 is 1.85 bits per heavy atom. The number of nitrogens with one attached hydrogen (secondary N) is 2. The summed E-state index contributed by atoms with van der Waals surface area (Å²) in [5.41, 5.74) is 1.91. The zero-order valence-electron chi connectivity index (χ0n) is 20.1. The number of ketones is 1. The number of carbonyl (C=O) groups excluding carboxylic acids is 2. The molecule has 34 heavy (non-hydrogen) atoms. The van der Waals surface area contributed by atoms with Crippen molar-refractivity contribution in [3.8, 4) is 0 Å². The molecule has 0 aromatic heterocycles. The fourth-order valence-electron chi connectivity index (χ4n) is 8.36. The minimum absolute atomic E-state index is 0.0227. The predicted molar refractivity (Wildman–Crippen MR) is 134 cm³/mol. The van der Waals surface area contributed by atoms with Crippen molar-refractivity contribution in [1.82, 2.24) is 10.6 Å². The highest BCUT2D eigenvalue weighted by Gasteiger charge is 2.61. The van der Waals surface area contributed by atoms with Crippen molar-refractivity contribution in [3.05, 3.63) is 45.6 Å². The van der Waals surface area contributed by atoms with E-state index in [1.54, 1.807) is 6.07 Å². The third kappa shape index (κ3) is 3.31. The van der Waals surface area contributed by atoms with Gasteiger partial charge in [0.2, 0.25) is 5.91 Å². The smallest absolute Gasteiger partial charge is 0.224 e. The van der Waals surface area contributed by atoms with Gasteiger partial charge < -0.3 is 10.6 Å². The lowest BCUT2D eigenvalue weighted by Gasteiger charge is -2.58. The summed E-state index contributed by atoms with van der Waals surface area (Å²) in [4.78, 5) is 25.8. The van der Waals surface area contributed by atoms with Gasteiger partial charge in [0.15, 0.2) is 5.78 Å². The van der Waals surface area contributed by atoms with Crippen molar-refractivity contribution in [1.29, 1.82) is 0 Å². The summed E-state index contributed by atoms with van der Waals surface area (Å²) in [6, 6.07) is 5.61. The van der Waals surface area contributed by atoms with Gasteiger partial charge in [-0.3, -0.25) is 9.59 Å². The second-order valence-corrected chi connectivity index (χ2v) is 12.9. The predicted octanol–water partition coefficient (Wildman–Crippen LogP) is 6.01. The van der Waals surface area contributed by atoms with E-state index in [-0.39, 0.29) is 34.0 Å². The molecule has 4 fully saturated rings. The highest BCUT2D eigenvalue weighted by Crippen LogP contribution is 2.64. The van der Waals surface area contributed by atoms with Crippen LogP contribution in [0.4, 0.5) is 0 Å². The van der Waals surface area contributed by atoms with Crippen LogP contribution in [-0.2, 0) is 15.1 Å². The summed E-state index contributed by atoms with van der Waals surface area (Å²) in [6.07, 6.45) is 9.62. The molecular formula is C28H34Cl2N2O2. The average molecular weight is 501 g/mol. The van der Waals surface area contributed by atoms with E-state index in [9.17, 15) is 9.59 Å². The van der Waals surface area contributed by atoms with Gasteiger partial charge in [0, 0.05) is 46.1 Å². The molecule has 1 amide bonds. The number of hydrogen-bond acceptors (Lipinski definition) is 3. The first kappa shape index (κ1) is 22.9. The number of piperidine rings is 1. The molecule has 0 radical (unpaired) electrons. The van der Waals surface area contributed by atoms with Crippen LogP contribution in [0.1, 0.15) is 70.8 Å². The summed E-state index contributed by atoms with van der Waals surface area (Å²) in [5, 5.41) is 8.36. The van der Waals surface area contributed by atoms with Crippen molar-refractivity contribution in [2.45, 2.75) is 70.8 Å². The molecule has 3 unspecified atom stereocenters. The summed E-state index contributed by atoms with van der Waals surface area (Å²) < 4.78 is 0. The summed E-state index contributed by atoms with van der Waals surface area (Å²) in [6.45, 7) is 5.67. The van der Waals surface area contributed by atoms with Crippen LogP contribution in [0, 0.1) is 34.5 Å². The van der Waals surface area contributed by atoms with Gasteiger partial charge in [0.05, 0.1) is 5.54 Å². The van der Waals surface area contributed by atoms with E-state index in [0.717, 1.165) is 62.8 Å². The molecule has 4 aliphatic carbocycles. The molecule has 5 aliphatic rings. The minimum Gasteiger partial charge on any atom is -0.387 e. The van der Waals surface area contributed by atoms with E-state index in [2.05, 4.69) is 24.5 Å². The van der Waals surface area contributed by atoms with Gasteiger partial charge in [-0.2, -0.15) is 0 Å². The topological polar surface area (TPSA) is 58.2 Å². The zero-order valence-corrected chi connectivity index (χ0v) is 21.6. The molecule has 1 saturated heterocycles. The molecule has 0 spiro atoms. The number of halogens is 2. The summed E-state index contributed by atoms with van der Waals surface area (Å²) in [5.74, 6) is 2.19. The van der Waals surface area contributed by atoms with E-state index in [0.29, 0.717) is 34.2 Å². The highest BCUT2D eigenvalue weighted by atomic mass is 35.5. The van der Waals surface area contributed by atoms with E-state index < -0.39 is 0 Å². The van der Waals surface area contributed by atoms with Crippen LogP contribution in [0.25, 0.3) is 0 Å². The Bertz CT molecular complexity index is 1100. The van der Waals surface area contributed by atoms with E-state index in [1.165, 1.54) is 0 Å². The van der Waals surface area contributed by atoms with Gasteiger partial charge >= 0.3 is 0 Å². The Morgan fingerprint density at radius 1 is 1.06 bits per heavy atom. The lowest BCUT2D eigenvalue weighted by molar-refractivity contribution is -0.133. The molecule has 6 rings (SSSR count). The van der Waals surface area contributed by atoms with Crippen molar-refractivity contribution in [2.24, 2.45) is 34.5 Å². The van der Waals surface area contributed by atoms with Crippen molar-refractivity contribution in [3.63, 3.8) is 0 Å². The van der Waals surface area contributed by atoms with E-state index in [1.807, 2.05) is 18.2 Å². The minimum atomic E-state index is -0.335. The average Bonchev–Trinajstić information content (AvgIpc) is 3.46. The third-order valence-electron chi connectivity index (χ3n) is 10.5. The molecule has 1 aliphatic heterocycles. The van der Waals surface area contributed by atoms with E-state index >= 15 is 0 Å². The van der Waals surface area contributed by atoms with Crippen LogP contribution in [-0.4, -0.2) is 18.2 Å². The number of carbonyl (C=O) groups is 2. The van der Waals surface area contributed by atoms with Gasteiger partial charge in [-0.05, 0) is 85.8 Å². The van der Waals surface area contributed by atoms with Gasteiger partial charge in [-0.15, -0.1) is 0 Å². The highest BCUT2D eigenvalue weighted by molar-refractivity contribution is 6.35. The number of amides is 1. The molecule has 6 atom stereocenters. The van der Waals surface area contributed by atoms with Crippen molar-refractivity contribution >= 4 is 34.9 Å². The van der Waals surface area contributed by atoms with E-state index in [4.69, 9.17) is 23.2 Å². The Balaban J connectivity index is 1.22. The lowest BCUT2D eigenvalue weighted by Crippen LogP contribution is -2.57. The van der Waals surface area contributed by atoms with Crippen molar-refractivity contribution in [2.75, 3.05) is 6.54 Å². The maximum absolute atomic E-state index is 13.8. The molecule has 1 aromatic carbocycles. The number of rotatable bonds is 3. The fourth-order valence-corrected chi connectivity index (χ4v) is 8.95. The van der Waals surface area contributed by atoms with Crippen LogP contribution in [0.3, 0.4) is 0 Å². The molecule has 1 aromatic rings. The first-order chi connectivity index (χ1) is 16.2. The Kier molecular flexibility index (Phi) is 5.21. The monoisotopic (exact) mass is 500 g/mol. The van der Waals surface area contributed by atoms with Gasteiger partial charge in [-0.25, -0.2) is 0 Å². The van der Waals surface area contributed by atoms with Crippen LogP contribution < -0.4 is 10.6 Å². The molecule has 182 valence electrons. The maximum Gasteiger partial charge on any atom is 0.224 e. The quantitative estimate of drug-likeness (QED) is 0.533. The first-order valence-electron chi connectivity index (χ1n) is 12.9. The Labute approximate surface area is 212 Å². The number of fused-ring (bicyclic) bond motifs is 5. The van der Waals surface area contributed by atoms with Crippen LogP contribution in [0.2, 0.25) is 10.0 Å². The maximum atomic E-state index is 13.8. The SMILES string of the molecule is C[C@]12CCC(=O)C=C1NCC1C2CC[C@@]2(C)C1CC[C@@H]2C(=O)NC1(c2ccc(Cl)cc2Cl)CC1. The number of benzene rings is 1. The van der Waals surface area contributed by atoms with Gasteiger partial charge in [0.25, 0.3) is 0 Å². The lowest BCUT2D eigenvalue weighted by atomic mass is 9.50. The van der Waals surface area contributed by atoms with Gasteiger partial charge in [0.1, 0.15) is 0 Å². The summed E-state index contributed by atoms with van der Waals surface area (Å²) in [7, 11) is 0. The van der Waals surface area contributed by atoms with Crippen molar-refractivity contribution < 1.29 is 9.59 Å². The normalized spacial score (nSPS) is 39.8. The van der Waals surface area contributed by atoms with Crippen LogP contribution in [0.15, 0.2) is 30.0 Å². The molecule has 2 N–H and O–H groups in total. The second kappa shape index (κ2) is 7.74. The molecular weight excluding hydrogens is 467 g/mol. The van der Waals surface area contributed by atoms with Crippen LogP contribution in [0.5, 0.6) is 0 Å². The first-order valence-corrected chi connectivity index (χ1v) is 13.7. The molecule has 0 bridgehead atoms. The third-order valence-corrected chi connectivity index (χ3v) is 11.0. The van der Waals surface area contributed by atoms with Crippen LogP contribution >= 0.6 is 23.2 Å². The van der Waals surface area contributed by atoms with Gasteiger partial charge in [-0.1, -0.05) is 43.1 Å². The molecule has 4 nitrogen and oxygen atoms in total. The summed E-state index contributed by atoms with van der Waals surface area (Å²) >= 11 is 12.6. The Morgan fingerprint density at radius 3 is 2.59 bits per heavy atom. The molecule has 6 heteroatoms. The molecule has 1 heterocycles. The number of hydrogen-bond donors (Lipinski definition) is 2. The standard InChI is InChI=1S/C28H34Cl2N2O2/c1-26-10-8-20-18(15-31-24-14-17(33)7-9-27(20,24)2)19(26)5-6-22(26)25(34)32-28(11-12-28)21-4-3-16(29)13-23(21)30/h3-4,13-14,18-20,22,31H,5-12,15H2,1-2H3,(H,32,34)/t18?,19?,20?,22-,26+,27-/m1/s1. The Hall–Kier alpha value is -1.52. The zero-order chi connectivity index (χ0) is 23.9. The second-order valence-electron chi connectivity index (χ2n) is 12.1. The molecule has 3 saturated carbocycles.